The van der Waals surface area contributed by atoms with Gasteiger partial charge in [0.25, 0.3) is 0 Å². The van der Waals surface area contributed by atoms with Crippen LogP contribution in [0.1, 0.15) is 37.8 Å². The summed E-state index contributed by atoms with van der Waals surface area (Å²) in [5.74, 6) is 0.0995. The number of nitrogens with one attached hydrogen (secondary N) is 2. The van der Waals surface area contributed by atoms with Crippen molar-refractivity contribution in [2.45, 2.75) is 42.9 Å². The summed E-state index contributed by atoms with van der Waals surface area (Å²) < 4.78 is 26.3. The van der Waals surface area contributed by atoms with E-state index >= 15 is 0 Å². The summed E-state index contributed by atoms with van der Waals surface area (Å²) >= 11 is 0. The number of amides is 1. The highest BCUT2D eigenvalue weighted by Crippen LogP contribution is 2.29. The fourth-order valence-electron chi connectivity index (χ4n) is 3.56. The molecule has 0 aromatic heterocycles. The Hall–Kier alpha value is -3.12. The SMILES string of the molecule is CCc1c(NCC(=O)Nc2ccccc2C(C)C)cccc1S(=O)(=O)c1ccccc1. The second kappa shape index (κ2) is 9.79. The minimum Gasteiger partial charge on any atom is -0.376 e. The van der Waals surface area contributed by atoms with E-state index in [1.165, 1.54) is 0 Å². The zero-order chi connectivity index (χ0) is 22.4. The maximum Gasteiger partial charge on any atom is 0.243 e. The standard InChI is InChI=1S/C25H28N2O3S/c1-4-20-22(15-10-16-24(20)31(29,30)19-11-6-5-7-12-19)26-17-25(28)27-23-14-9-8-13-21(23)18(2)3/h5-16,18,26H,4,17H2,1-3H3,(H,27,28). The van der Waals surface area contributed by atoms with Crippen LogP contribution in [0.5, 0.6) is 0 Å². The van der Waals surface area contributed by atoms with Gasteiger partial charge in [-0.25, -0.2) is 8.42 Å². The number of hydrogen-bond acceptors (Lipinski definition) is 4. The molecule has 0 atom stereocenters. The normalized spacial score (nSPS) is 11.4. The van der Waals surface area contributed by atoms with Crippen LogP contribution < -0.4 is 10.6 Å². The van der Waals surface area contributed by atoms with Crippen molar-refractivity contribution in [2.75, 3.05) is 17.2 Å². The Morgan fingerprint density at radius 3 is 2.19 bits per heavy atom. The fraction of sp³-hybridized carbons (Fsp3) is 0.240. The molecule has 0 unspecified atom stereocenters. The molecule has 3 aromatic rings. The number of benzene rings is 3. The molecule has 5 nitrogen and oxygen atoms in total. The quantitative estimate of drug-likeness (QED) is 0.505. The summed E-state index contributed by atoms with van der Waals surface area (Å²) in [4.78, 5) is 13.1. The summed E-state index contributed by atoms with van der Waals surface area (Å²) in [5.41, 5.74) is 3.18. The van der Waals surface area contributed by atoms with E-state index in [1.54, 1.807) is 48.5 Å². The van der Waals surface area contributed by atoms with E-state index in [2.05, 4.69) is 24.5 Å². The molecule has 31 heavy (non-hydrogen) atoms. The maximum atomic E-state index is 13.1. The molecule has 0 aliphatic heterocycles. The van der Waals surface area contributed by atoms with Crippen molar-refractivity contribution in [3.05, 3.63) is 83.9 Å². The van der Waals surface area contributed by atoms with Gasteiger partial charge in [-0.05, 0) is 53.8 Å². The van der Waals surface area contributed by atoms with Crippen LogP contribution >= 0.6 is 0 Å². The summed E-state index contributed by atoms with van der Waals surface area (Å²) in [5, 5.41) is 6.07. The van der Waals surface area contributed by atoms with Crippen molar-refractivity contribution in [1.29, 1.82) is 0 Å². The van der Waals surface area contributed by atoms with E-state index in [-0.39, 0.29) is 28.2 Å². The van der Waals surface area contributed by atoms with E-state index in [9.17, 15) is 13.2 Å². The number of para-hydroxylation sites is 1. The van der Waals surface area contributed by atoms with E-state index < -0.39 is 9.84 Å². The Morgan fingerprint density at radius 1 is 0.871 bits per heavy atom. The van der Waals surface area contributed by atoms with Crippen LogP contribution in [0.2, 0.25) is 0 Å². The first-order valence-corrected chi connectivity index (χ1v) is 11.9. The van der Waals surface area contributed by atoms with E-state index in [0.29, 0.717) is 17.7 Å². The topological polar surface area (TPSA) is 75.3 Å². The van der Waals surface area contributed by atoms with Gasteiger partial charge in [-0.3, -0.25) is 4.79 Å². The lowest BCUT2D eigenvalue weighted by molar-refractivity contribution is -0.114. The lowest BCUT2D eigenvalue weighted by Gasteiger charge is -2.17. The van der Waals surface area contributed by atoms with Crippen molar-refractivity contribution in [2.24, 2.45) is 0 Å². The molecule has 0 aliphatic rings. The van der Waals surface area contributed by atoms with Crippen LogP contribution in [0, 0.1) is 0 Å². The zero-order valence-corrected chi connectivity index (χ0v) is 18.9. The van der Waals surface area contributed by atoms with E-state index in [1.807, 2.05) is 31.2 Å². The average Bonchev–Trinajstić information content (AvgIpc) is 2.78. The van der Waals surface area contributed by atoms with Gasteiger partial charge in [-0.1, -0.05) is 63.2 Å². The van der Waals surface area contributed by atoms with Crippen molar-refractivity contribution in [3.8, 4) is 0 Å². The summed E-state index contributed by atoms with van der Waals surface area (Å²) in [6.45, 7) is 6.10. The molecule has 0 heterocycles. The van der Waals surface area contributed by atoms with Crippen LogP contribution in [0.25, 0.3) is 0 Å². The number of carbonyl (C=O) groups excluding carboxylic acids is 1. The number of sulfone groups is 1. The minimum atomic E-state index is -3.65. The predicted octanol–water partition coefficient (Wildman–Crippen LogP) is 5.26. The molecular formula is C25H28N2O3S. The predicted molar refractivity (Wildman–Crippen MR) is 125 cm³/mol. The minimum absolute atomic E-state index is 0.0360. The molecule has 0 bridgehead atoms. The molecule has 6 heteroatoms. The third-order valence-electron chi connectivity index (χ3n) is 5.13. The van der Waals surface area contributed by atoms with Gasteiger partial charge in [0.05, 0.1) is 16.3 Å². The summed E-state index contributed by atoms with van der Waals surface area (Å²) in [6.07, 6.45) is 0.516. The summed E-state index contributed by atoms with van der Waals surface area (Å²) in [7, 11) is -3.65. The smallest absolute Gasteiger partial charge is 0.243 e. The molecule has 2 N–H and O–H groups in total. The number of rotatable bonds is 8. The highest BCUT2D eigenvalue weighted by Gasteiger charge is 2.22. The largest absolute Gasteiger partial charge is 0.376 e. The highest BCUT2D eigenvalue weighted by molar-refractivity contribution is 7.91. The first-order chi connectivity index (χ1) is 14.8. The molecule has 3 aromatic carbocycles. The fourth-order valence-corrected chi connectivity index (χ4v) is 5.16. The van der Waals surface area contributed by atoms with Gasteiger partial charge in [0.2, 0.25) is 15.7 Å². The maximum absolute atomic E-state index is 13.1. The molecule has 0 saturated heterocycles. The van der Waals surface area contributed by atoms with Gasteiger partial charge >= 0.3 is 0 Å². The Bertz CT molecular complexity index is 1160. The Balaban J connectivity index is 1.80. The molecule has 0 fully saturated rings. The molecule has 0 saturated carbocycles. The number of carbonyl (C=O) groups is 1. The van der Waals surface area contributed by atoms with Gasteiger partial charge in [0.1, 0.15) is 0 Å². The Morgan fingerprint density at radius 2 is 1.52 bits per heavy atom. The zero-order valence-electron chi connectivity index (χ0n) is 18.1. The van der Waals surface area contributed by atoms with Crippen molar-refractivity contribution >= 4 is 27.1 Å². The lowest BCUT2D eigenvalue weighted by Crippen LogP contribution is -2.23. The number of hydrogen-bond donors (Lipinski definition) is 2. The molecule has 0 spiro atoms. The second-order valence-corrected chi connectivity index (χ2v) is 9.51. The van der Waals surface area contributed by atoms with Crippen LogP contribution in [0.3, 0.4) is 0 Å². The molecule has 1 amide bonds. The third kappa shape index (κ3) is 5.14. The Labute approximate surface area is 184 Å². The first kappa shape index (κ1) is 22.6. The lowest BCUT2D eigenvalue weighted by atomic mass is 10.0. The summed E-state index contributed by atoms with van der Waals surface area (Å²) in [6, 6.07) is 21.2. The second-order valence-electron chi connectivity index (χ2n) is 7.60. The molecule has 0 aliphatic carbocycles. The van der Waals surface area contributed by atoms with Crippen LogP contribution in [-0.2, 0) is 21.1 Å². The monoisotopic (exact) mass is 436 g/mol. The Kier molecular flexibility index (Phi) is 7.13. The van der Waals surface area contributed by atoms with E-state index in [0.717, 1.165) is 11.3 Å². The molecule has 0 radical (unpaired) electrons. The van der Waals surface area contributed by atoms with Gasteiger partial charge in [0, 0.05) is 11.4 Å². The van der Waals surface area contributed by atoms with Gasteiger partial charge in [-0.2, -0.15) is 0 Å². The van der Waals surface area contributed by atoms with Crippen molar-refractivity contribution < 1.29 is 13.2 Å². The van der Waals surface area contributed by atoms with Crippen LogP contribution in [0.15, 0.2) is 82.6 Å². The molecular weight excluding hydrogens is 408 g/mol. The molecule has 162 valence electrons. The van der Waals surface area contributed by atoms with Crippen LogP contribution in [-0.4, -0.2) is 20.9 Å². The van der Waals surface area contributed by atoms with Crippen molar-refractivity contribution in [3.63, 3.8) is 0 Å². The van der Waals surface area contributed by atoms with Crippen molar-refractivity contribution in [1.82, 2.24) is 0 Å². The highest BCUT2D eigenvalue weighted by atomic mass is 32.2. The van der Waals surface area contributed by atoms with E-state index in [4.69, 9.17) is 0 Å². The third-order valence-corrected chi connectivity index (χ3v) is 6.98. The molecule has 3 rings (SSSR count). The average molecular weight is 437 g/mol. The first-order valence-electron chi connectivity index (χ1n) is 10.4. The van der Waals surface area contributed by atoms with Gasteiger partial charge in [-0.15, -0.1) is 0 Å². The van der Waals surface area contributed by atoms with Gasteiger partial charge < -0.3 is 10.6 Å². The number of anilines is 2. The van der Waals surface area contributed by atoms with Gasteiger partial charge in [0.15, 0.2) is 0 Å². The van der Waals surface area contributed by atoms with Crippen LogP contribution in [0.4, 0.5) is 11.4 Å².